The summed E-state index contributed by atoms with van der Waals surface area (Å²) in [4.78, 5) is 13.0. The zero-order valence-electron chi connectivity index (χ0n) is 6.38. The zero-order valence-corrected chi connectivity index (χ0v) is 8.09. The Kier molecular flexibility index (Phi) is 3.17. The van der Waals surface area contributed by atoms with E-state index in [-0.39, 0.29) is 0 Å². The van der Waals surface area contributed by atoms with Gasteiger partial charge in [0.15, 0.2) is 0 Å². The van der Waals surface area contributed by atoms with Crippen molar-refractivity contribution in [2.75, 3.05) is 7.11 Å². The van der Waals surface area contributed by atoms with E-state index in [4.69, 9.17) is 4.52 Å². The van der Waals surface area contributed by atoms with Crippen LogP contribution in [-0.4, -0.2) is 17.0 Å². The number of hydrogen-bond acceptors (Lipinski definition) is 4. The van der Waals surface area contributed by atoms with E-state index in [0.717, 1.165) is 0 Å². The van der Waals surface area contributed by atoms with Gasteiger partial charge in [-0.3, -0.25) is 4.98 Å². The number of pyridine rings is 1. The molecule has 4 nitrogen and oxygen atoms in total. The summed E-state index contributed by atoms with van der Waals surface area (Å²) >= 11 is 4.62. The number of hydrogen-bond donors (Lipinski definition) is 1. The van der Waals surface area contributed by atoms with Gasteiger partial charge in [0.25, 0.3) is 0 Å². The first-order chi connectivity index (χ1) is 5.64. The van der Waals surface area contributed by atoms with Crippen molar-refractivity contribution in [2.45, 2.75) is 0 Å². The lowest BCUT2D eigenvalue weighted by Gasteiger charge is -2.12. The van der Waals surface area contributed by atoms with Crippen molar-refractivity contribution >= 4 is 18.5 Å². The van der Waals surface area contributed by atoms with Crippen LogP contribution in [-0.2, 0) is 16.3 Å². The number of aromatic nitrogens is 1. The Hall–Kier alpha value is -0.480. The van der Waals surface area contributed by atoms with Crippen LogP contribution < -0.4 is 4.52 Å². The molecule has 0 fully saturated rings. The van der Waals surface area contributed by atoms with Crippen LogP contribution in [0, 0.1) is 0 Å². The van der Waals surface area contributed by atoms with Crippen molar-refractivity contribution in [3.8, 4) is 5.75 Å². The molecule has 0 aliphatic carbocycles. The first kappa shape index (κ1) is 9.61. The van der Waals surface area contributed by atoms with Gasteiger partial charge in [0.05, 0.1) is 6.20 Å². The molecule has 1 rings (SSSR count). The summed E-state index contributed by atoms with van der Waals surface area (Å²) in [6, 6.07) is 3.32. The molecule has 0 aliphatic heterocycles. The van der Waals surface area contributed by atoms with E-state index in [1.54, 1.807) is 18.3 Å². The second kappa shape index (κ2) is 3.96. The van der Waals surface area contributed by atoms with Gasteiger partial charge in [-0.1, -0.05) is 0 Å². The van der Waals surface area contributed by atoms with E-state index < -0.39 is 6.72 Å². The first-order valence-corrected chi connectivity index (χ1v) is 5.71. The molecule has 66 valence electrons. The van der Waals surface area contributed by atoms with Gasteiger partial charge in [-0.25, -0.2) is 0 Å². The zero-order chi connectivity index (χ0) is 9.03. The highest BCUT2D eigenvalue weighted by Gasteiger charge is 2.13. The van der Waals surface area contributed by atoms with Crippen molar-refractivity contribution in [3.05, 3.63) is 24.5 Å². The van der Waals surface area contributed by atoms with E-state index >= 15 is 0 Å². The third kappa shape index (κ3) is 2.87. The summed E-state index contributed by atoms with van der Waals surface area (Å²) in [6.45, 7) is -3.10. The fraction of sp³-hybridized carbons (Fsp3) is 0.167. The molecular formula is C6H8NO3PS. The maximum Gasteiger partial charge on any atom is 0.377 e. The molecule has 6 heteroatoms. The van der Waals surface area contributed by atoms with Crippen molar-refractivity contribution in [3.63, 3.8) is 0 Å². The molecule has 1 aromatic heterocycles. The quantitative estimate of drug-likeness (QED) is 0.754. The van der Waals surface area contributed by atoms with Crippen LogP contribution in [0.15, 0.2) is 24.5 Å². The maximum absolute atomic E-state index is 9.23. The Labute approximate surface area is 75.4 Å². The van der Waals surface area contributed by atoms with Gasteiger partial charge in [0.1, 0.15) is 5.75 Å². The lowest BCUT2D eigenvalue weighted by Crippen LogP contribution is -1.93. The monoisotopic (exact) mass is 205 g/mol. The molecule has 12 heavy (non-hydrogen) atoms. The standard InChI is InChI=1S/C6H8NO3PS/c1-9-11(8,12)10-6-3-2-4-7-5-6/h2-5H,1H3,(H,8,12). The highest BCUT2D eigenvalue weighted by molar-refractivity contribution is 8.07. The van der Waals surface area contributed by atoms with Crippen LogP contribution >= 0.6 is 6.72 Å². The van der Waals surface area contributed by atoms with E-state index in [0.29, 0.717) is 5.75 Å². The summed E-state index contributed by atoms with van der Waals surface area (Å²) in [5.74, 6) is 0.408. The highest BCUT2D eigenvalue weighted by Crippen LogP contribution is 2.42. The molecule has 1 aromatic rings. The van der Waals surface area contributed by atoms with Crippen molar-refractivity contribution in [2.24, 2.45) is 0 Å². The van der Waals surface area contributed by atoms with E-state index in [2.05, 4.69) is 21.3 Å². The van der Waals surface area contributed by atoms with E-state index in [1.807, 2.05) is 0 Å². The summed E-state index contributed by atoms with van der Waals surface area (Å²) in [7, 11) is 1.30. The SMILES string of the molecule is COP(O)(=S)Oc1cccnc1. The molecule has 1 atom stereocenters. The molecule has 1 N–H and O–H groups in total. The maximum atomic E-state index is 9.23. The second-order valence-electron chi connectivity index (χ2n) is 1.93. The summed E-state index contributed by atoms with van der Waals surface area (Å²) in [6.07, 6.45) is 3.05. The summed E-state index contributed by atoms with van der Waals surface area (Å²) < 4.78 is 9.52. The summed E-state index contributed by atoms with van der Waals surface area (Å²) in [5.41, 5.74) is 0. The lowest BCUT2D eigenvalue weighted by molar-refractivity contribution is 0.312. The van der Waals surface area contributed by atoms with Crippen LogP contribution in [0.3, 0.4) is 0 Å². The van der Waals surface area contributed by atoms with Gasteiger partial charge in [0.2, 0.25) is 0 Å². The summed E-state index contributed by atoms with van der Waals surface area (Å²) in [5, 5.41) is 0. The molecule has 0 saturated heterocycles. The lowest BCUT2D eigenvalue weighted by atomic mass is 10.5. The Bertz CT molecular complexity index is 292. The molecule has 1 heterocycles. The van der Waals surface area contributed by atoms with Gasteiger partial charge in [-0.05, 0) is 12.1 Å². The third-order valence-corrected chi connectivity index (χ3v) is 2.66. The Balaban J connectivity index is 2.71. The predicted molar refractivity (Wildman–Crippen MR) is 48.4 cm³/mol. The smallest absolute Gasteiger partial charge is 0.377 e. The van der Waals surface area contributed by atoms with Crippen LogP contribution in [0.1, 0.15) is 0 Å². The van der Waals surface area contributed by atoms with Crippen LogP contribution in [0.25, 0.3) is 0 Å². The predicted octanol–water partition coefficient (Wildman–Crippen LogP) is 1.32. The highest BCUT2D eigenvalue weighted by atomic mass is 32.5. The van der Waals surface area contributed by atoms with Gasteiger partial charge < -0.3 is 13.9 Å². The third-order valence-electron chi connectivity index (χ3n) is 1.09. The van der Waals surface area contributed by atoms with Gasteiger partial charge >= 0.3 is 6.72 Å². The normalized spacial score (nSPS) is 15.2. The fourth-order valence-corrected chi connectivity index (χ4v) is 1.28. The first-order valence-electron chi connectivity index (χ1n) is 3.12. The van der Waals surface area contributed by atoms with Gasteiger partial charge in [-0.15, -0.1) is 0 Å². The van der Waals surface area contributed by atoms with Crippen LogP contribution in [0.2, 0.25) is 0 Å². The number of nitrogens with zero attached hydrogens (tertiary/aromatic N) is 1. The Morgan fingerprint density at radius 2 is 2.42 bits per heavy atom. The second-order valence-corrected chi connectivity index (χ2v) is 4.80. The Morgan fingerprint density at radius 1 is 1.67 bits per heavy atom. The fourth-order valence-electron chi connectivity index (χ4n) is 0.572. The molecule has 0 saturated carbocycles. The van der Waals surface area contributed by atoms with Gasteiger partial charge in [-0.2, -0.15) is 0 Å². The van der Waals surface area contributed by atoms with Crippen molar-refractivity contribution < 1.29 is 13.9 Å². The minimum Gasteiger partial charge on any atom is -0.423 e. The number of rotatable bonds is 3. The molecule has 0 radical (unpaired) electrons. The molecule has 1 unspecified atom stereocenters. The van der Waals surface area contributed by atoms with Crippen LogP contribution in [0.4, 0.5) is 0 Å². The Morgan fingerprint density at radius 3 is 2.92 bits per heavy atom. The van der Waals surface area contributed by atoms with E-state index in [1.165, 1.54) is 13.3 Å². The molecule has 0 bridgehead atoms. The molecule has 0 aromatic carbocycles. The van der Waals surface area contributed by atoms with Crippen LogP contribution in [0.5, 0.6) is 5.75 Å². The van der Waals surface area contributed by atoms with E-state index in [9.17, 15) is 4.89 Å². The largest absolute Gasteiger partial charge is 0.423 e. The molecule has 0 spiro atoms. The minimum atomic E-state index is -3.10. The average Bonchev–Trinajstić information content (AvgIpc) is 2.06. The molecule has 0 amide bonds. The van der Waals surface area contributed by atoms with Crippen molar-refractivity contribution in [1.29, 1.82) is 0 Å². The topological polar surface area (TPSA) is 51.6 Å². The van der Waals surface area contributed by atoms with Gasteiger partial charge in [0, 0.05) is 25.1 Å². The average molecular weight is 205 g/mol. The van der Waals surface area contributed by atoms with Crippen molar-refractivity contribution in [1.82, 2.24) is 4.98 Å². The molecular weight excluding hydrogens is 197 g/mol. The molecule has 0 aliphatic rings. The minimum absolute atomic E-state index is 0.408.